The summed E-state index contributed by atoms with van der Waals surface area (Å²) in [5.74, 6) is 0.602. The van der Waals surface area contributed by atoms with Crippen LogP contribution in [0.4, 0.5) is 5.69 Å². The van der Waals surface area contributed by atoms with E-state index in [1.165, 1.54) is 0 Å². The zero-order chi connectivity index (χ0) is 26.0. The van der Waals surface area contributed by atoms with Crippen molar-refractivity contribution in [2.24, 2.45) is 5.92 Å². The van der Waals surface area contributed by atoms with Crippen LogP contribution < -0.4 is 10.2 Å². The summed E-state index contributed by atoms with van der Waals surface area (Å²) in [5, 5.41) is 2.58. The molecule has 3 aliphatic rings. The molecule has 8 heteroatoms. The quantitative estimate of drug-likeness (QED) is 0.588. The van der Waals surface area contributed by atoms with Crippen LogP contribution >= 0.6 is 11.8 Å². The summed E-state index contributed by atoms with van der Waals surface area (Å²) in [4.78, 5) is 45.7. The highest BCUT2D eigenvalue weighted by molar-refractivity contribution is 8.01. The molecular weight excluding hydrogens is 484 g/mol. The van der Waals surface area contributed by atoms with Gasteiger partial charge in [0.1, 0.15) is 10.9 Å². The van der Waals surface area contributed by atoms with E-state index in [-0.39, 0.29) is 36.2 Å². The van der Waals surface area contributed by atoms with Crippen LogP contribution in [-0.4, -0.2) is 64.6 Å². The summed E-state index contributed by atoms with van der Waals surface area (Å²) < 4.78 is 0. The van der Waals surface area contributed by atoms with Crippen molar-refractivity contribution >= 4 is 35.2 Å². The Labute approximate surface area is 225 Å². The highest BCUT2D eigenvalue weighted by atomic mass is 32.2. The van der Waals surface area contributed by atoms with Crippen LogP contribution in [0.5, 0.6) is 0 Å². The zero-order valence-electron chi connectivity index (χ0n) is 21.6. The Kier molecular flexibility index (Phi) is 7.47. The molecule has 0 radical (unpaired) electrons. The van der Waals surface area contributed by atoms with E-state index in [1.807, 2.05) is 58.3 Å². The Balaban J connectivity index is 0.00000336. The van der Waals surface area contributed by atoms with Crippen molar-refractivity contribution in [2.45, 2.75) is 55.7 Å². The Morgan fingerprint density at radius 2 is 1.70 bits per heavy atom. The van der Waals surface area contributed by atoms with Crippen LogP contribution in [0.15, 0.2) is 60.7 Å². The maximum atomic E-state index is 13.4. The first-order valence-corrected chi connectivity index (χ1v) is 14.2. The molecule has 7 nitrogen and oxygen atoms in total. The third-order valence-electron chi connectivity index (χ3n) is 7.88. The SMILES string of the molecule is CC(C)CCN1C(=O)C(CC(=O)N2CCC3(CC2)C(=O)NCN3c2ccccc2)SC1c1ccccc1.[HH]. The Hall–Kier alpha value is -3.00. The minimum absolute atomic E-state index is 0. The molecule has 2 aromatic rings. The lowest BCUT2D eigenvalue weighted by Gasteiger charge is -2.43. The normalized spacial score (nSPS) is 23.3. The van der Waals surface area contributed by atoms with Crippen molar-refractivity contribution in [1.82, 2.24) is 15.1 Å². The van der Waals surface area contributed by atoms with Gasteiger partial charge in [0.2, 0.25) is 17.7 Å². The van der Waals surface area contributed by atoms with E-state index in [4.69, 9.17) is 0 Å². The third-order valence-corrected chi connectivity index (χ3v) is 9.36. The van der Waals surface area contributed by atoms with E-state index < -0.39 is 5.54 Å². The first-order chi connectivity index (χ1) is 17.9. The number of anilines is 1. The standard InChI is InChI=1S/C29H36N4O3S.H2/c1-21(2)13-16-32-26(35)24(37-27(32)22-9-5-3-6-10-22)19-25(34)31-17-14-29(15-18-31)28(36)30-20-33(29)23-11-7-4-8-12-23;/h3-12,21,24,27H,13-20H2,1-2H3,(H,30,36);1H. The molecule has 37 heavy (non-hydrogen) atoms. The monoisotopic (exact) mass is 522 g/mol. The molecule has 3 fully saturated rings. The number of hydrogen-bond donors (Lipinski definition) is 1. The maximum absolute atomic E-state index is 13.4. The van der Waals surface area contributed by atoms with E-state index in [1.54, 1.807) is 11.8 Å². The second-order valence-electron chi connectivity index (χ2n) is 10.6. The molecule has 0 aromatic heterocycles. The first kappa shape index (κ1) is 25.6. The molecule has 3 amide bonds. The Morgan fingerprint density at radius 3 is 2.35 bits per heavy atom. The number of likely N-dealkylation sites (tertiary alicyclic amines) is 1. The third kappa shape index (κ3) is 5.08. The molecule has 2 aromatic carbocycles. The number of nitrogens with zero attached hydrogens (tertiary/aromatic N) is 3. The van der Waals surface area contributed by atoms with Crippen LogP contribution in [-0.2, 0) is 14.4 Å². The number of carbonyl (C=O) groups excluding carboxylic acids is 3. The lowest BCUT2D eigenvalue weighted by atomic mass is 9.85. The summed E-state index contributed by atoms with van der Waals surface area (Å²) in [5.41, 5.74) is 1.50. The molecular formula is C29H38N4O3S. The predicted octanol–water partition coefficient (Wildman–Crippen LogP) is 4.27. The van der Waals surface area contributed by atoms with Gasteiger partial charge in [-0.05, 0) is 42.9 Å². The lowest BCUT2D eigenvalue weighted by molar-refractivity contribution is -0.138. The van der Waals surface area contributed by atoms with Gasteiger partial charge in [-0.3, -0.25) is 14.4 Å². The van der Waals surface area contributed by atoms with Crippen LogP contribution in [0.3, 0.4) is 0 Å². The maximum Gasteiger partial charge on any atom is 0.247 e. The summed E-state index contributed by atoms with van der Waals surface area (Å²) in [6.45, 7) is 6.54. The summed E-state index contributed by atoms with van der Waals surface area (Å²) >= 11 is 1.60. The van der Waals surface area contributed by atoms with Crippen LogP contribution in [0.1, 0.15) is 51.9 Å². The summed E-state index contributed by atoms with van der Waals surface area (Å²) in [6.07, 6.45) is 2.30. The van der Waals surface area contributed by atoms with Crippen molar-refractivity contribution in [3.8, 4) is 0 Å². The number of thioether (sulfide) groups is 1. The molecule has 1 spiro atoms. The molecule has 0 aliphatic carbocycles. The lowest BCUT2D eigenvalue weighted by Crippen LogP contribution is -2.57. The fraction of sp³-hybridized carbons (Fsp3) is 0.483. The van der Waals surface area contributed by atoms with Gasteiger partial charge in [0.05, 0.1) is 11.9 Å². The van der Waals surface area contributed by atoms with Crippen molar-refractivity contribution in [3.63, 3.8) is 0 Å². The zero-order valence-corrected chi connectivity index (χ0v) is 22.5. The molecule has 198 valence electrons. The number of rotatable bonds is 7. The van der Waals surface area contributed by atoms with Gasteiger partial charge in [0.25, 0.3) is 0 Å². The number of nitrogens with one attached hydrogen (secondary N) is 1. The van der Waals surface area contributed by atoms with Crippen LogP contribution in [0.25, 0.3) is 0 Å². The van der Waals surface area contributed by atoms with Crippen molar-refractivity contribution < 1.29 is 15.8 Å². The second kappa shape index (κ2) is 10.8. The van der Waals surface area contributed by atoms with E-state index in [0.29, 0.717) is 45.1 Å². The number of hydrogen-bond acceptors (Lipinski definition) is 5. The van der Waals surface area contributed by atoms with Crippen LogP contribution in [0.2, 0.25) is 0 Å². The molecule has 2 unspecified atom stereocenters. The molecule has 0 saturated carbocycles. The molecule has 2 atom stereocenters. The van der Waals surface area contributed by atoms with Gasteiger partial charge in [-0.2, -0.15) is 0 Å². The smallest absolute Gasteiger partial charge is 0.247 e. The fourth-order valence-electron chi connectivity index (χ4n) is 5.67. The van der Waals surface area contributed by atoms with Gasteiger partial charge in [0.15, 0.2) is 0 Å². The minimum atomic E-state index is -0.623. The van der Waals surface area contributed by atoms with Crippen LogP contribution in [0, 0.1) is 5.92 Å². The number of benzene rings is 2. The van der Waals surface area contributed by atoms with Gasteiger partial charge in [-0.25, -0.2) is 0 Å². The van der Waals surface area contributed by atoms with Crippen molar-refractivity contribution in [3.05, 3.63) is 66.2 Å². The Morgan fingerprint density at radius 1 is 1.05 bits per heavy atom. The molecule has 1 N–H and O–H groups in total. The number of carbonyl (C=O) groups is 3. The highest BCUT2D eigenvalue weighted by Crippen LogP contribution is 2.45. The predicted molar refractivity (Wildman–Crippen MR) is 149 cm³/mol. The van der Waals surface area contributed by atoms with Gasteiger partial charge < -0.3 is 20.0 Å². The largest absolute Gasteiger partial charge is 0.342 e. The Bertz CT molecular complexity index is 1130. The topological polar surface area (TPSA) is 73.0 Å². The molecule has 3 heterocycles. The van der Waals surface area contributed by atoms with E-state index in [2.05, 4.69) is 36.2 Å². The van der Waals surface area contributed by atoms with E-state index in [0.717, 1.165) is 17.7 Å². The average Bonchev–Trinajstić information content (AvgIpc) is 3.40. The summed E-state index contributed by atoms with van der Waals surface area (Å²) in [6, 6.07) is 20.1. The second-order valence-corrected chi connectivity index (χ2v) is 11.9. The van der Waals surface area contributed by atoms with Gasteiger partial charge in [-0.15, -0.1) is 11.8 Å². The number of amides is 3. The highest BCUT2D eigenvalue weighted by Gasteiger charge is 2.51. The minimum Gasteiger partial charge on any atom is -0.342 e. The van der Waals surface area contributed by atoms with Gasteiger partial charge >= 0.3 is 0 Å². The molecule has 3 aliphatic heterocycles. The van der Waals surface area contributed by atoms with E-state index >= 15 is 0 Å². The summed E-state index contributed by atoms with van der Waals surface area (Å²) in [7, 11) is 0. The van der Waals surface area contributed by atoms with Crippen molar-refractivity contribution in [1.29, 1.82) is 0 Å². The first-order valence-electron chi connectivity index (χ1n) is 13.3. The number of para-hydroxylation sites is 1. The van der Waals surface area contributed by atoms with Gasteiger partial charge in [0, 0.05) is 33.2 Å². The average molecular weight is 523 g/mol. The fourth-order valence-corrected chi connectivity index (χ4v) is 7.14. The van der Waals surface area contributed by atoms with E-state index in [9.17, 15) is 14.4 Å². The molecule has 0 bridgehead atoms. The van der Waals surface area contributed by atoms with Gasteiger partial charge in [-0.1, -0.05) is 62.4 Å². The molecule has 5 rings (SSSR count). The molecule has 3 saturated heterocycles. The number of piperidine rings is 1. The van der Waals surface area contributed by atoms with Crippen molar-refractivity contribution in [2.75, 3.05) is 31.2 Å².